The van der Waals surface area contributed by atoms with Gasteiger partial charge in [-0.25, -0.2) is 0 Å². The van der Waals surface area contributed by atoms with Crippen molar-refractivity contribution in [2.45, 2.75) is 84.8 Å². The highest BCUT2D eigenvalue weighted by molar-refractivity contribution is 7.80. The fourth-order valence-electron chi connectivity index (χ4n) is 3.38. The molecule has 3 unspecified atom stereocenters. The number of hydrogen-bond donors (Lipinski definition) is 1. The summed E-state index contributed by atoms with van der Waals surface area (Å²) in [5.41, 5.74) is -1.31. The lowest BCUT2D eigenvalue weighted by Gasteiger charge is -2.41. The van der Waals surface area contributed by atoms with Crippen LogP contribution in [0.3, 0.4) is 0 Å². The van der Waals surface area contributed by atoms with Crippen molar-refractivity contribution in [2.75, 3.05) is 13.2 Å². The topological polar surface area (TPSA) is 55.8 Å². The SMILES string of the molecule is CCCC(O)(C(C)=O)C(=S)OCCOC1CCCC(C)(C(C)C)C1. The molecule has 0 bridgehead atoms. The molecule has 0 radical (unpaired) electrons. The Morgan fingerprint density at radius 3 is 2.62 bits per heavy atom. The number of carbonyl (C=O) groups is 1. The van der Waals surface area contributed by atoms with Gasteiger partial charge in [-0.15, -0.1) is 0 Å². The van der Waals surface area contributed by atoms with Gasteiger partial charge in [0.25, 0.3) is 0 Å². The maximum absolute atomic E-state index is 11.7. The smallest absolute Gasteiger partial charge is 0.199 e. The number of ether oxygens (including phenoxy) is 2. The number of aliphatic hydroxyl groups is 1. The molecule has 0 amide bonds. The van der Waals surface area contributed by atoms with E-state index >= 15 is 0 Å². The zero-order valence-corrected chi connectivity index (χ0v) is 16.7. The van der Waals surface area contributed by atoms with Gasteiger partial charge < -0.3 is 14.6 Å². The summed E-state index contributed by atoms with van der Waals surface area (Å²) in [6.07, 6.45) is 5.81. The summed E-state index contributed by atoms with van der Waals surface area (Å²) in [6, 6.07) is 0. The van der Waals surface area contributed by atoms with Crippen LogP contribution in [0.15, 0.2) is 0 Å². The van der Waals surface area contributed by atoms with Crippen molar-refractivity contribution < 1.29 is 19.4 Å². The van der Waals surface area contributed by atoms with Crippen LogP contribution in [0.4, 0.5) is 0 Å². The number of Topliss-reactive ketones (excluding diaryl/α,β-unsaturated/α-hetero) is 1. The summed E-state index contributed by atoms with van der Waals surface area (Å²) in [6.45, 7) is 10.8. The van der Waals surface area contributed by atoms with Crippen LogP contribution >= 0.6 is 12.2 Å². The van der Waals surface area contributed by atoms with E-state index in [1.807, 2.05) is 6.92 Å². The van der Waals surface area contributed by atoms with Gasteiger partial charge in [0.15, 0.2) is 16.4 Å². The molecule has 1 fully saturated rings. The van der Waals surface area contributed by atoms with E-state index in [4.69, 9.17) is 21.7 Å². The zero-order valence-electron chi connectivity index (χ0n) is 15.9. The molecule has 0 aromatic rings. The summed E-state index contributed by atoms with van der Waals surface area (Å²) in [5, 5.41) is 10.3. The van der Waals surface area contributed by atoms with Gasteiger partial charge in [-0.2, -0.15) is 0 Å². The summed E-state index contributed by atoms with van der Waals surface area (Å²) in [7, 11) is 0. The molecule has 1 aliphatic rings. The van der Waals surface area contributed by atoms with Crippen molar-refractivity contribution >= 4 is 23.1 Å². The zero-order chi connectivity index (χ0) is 18.4. The molecule has 140 valence electrons. The fourth-order valence-corrected chi connectivity index (χ4v) is 3.71. The minimum Gasteiger partial charge on any atom is -0.481 e. The van der Waals surface area contributed by atoms with E-state index < -0.39 is 5.60 Å². The van der Waals surface area contributed by atoms with Gasteiger partial charge in [0.05, 0.1) is 12.7 Å². The average Bonchev–Trinajstić information content (AvgIpc) is 2.51. The molecule has 0 aliphatic heterocycles. The van der Waals surface area contributed by atoms with Crippen molar-refractivity contribution in [1.29, 1.82) is 0 Å². The van der Waals surface area contributed by atoms with Gasteiger partial charge in [0.2, 0.25) is 0 Å². The Kier molecular flexibility index (Phi) is 8.30. The maximum Gasteiger partial charge on any atom is 0.199 e. The van der Waals surface area contributed by atoms with Gasteiger partial charge in [-0.05, 0) is 56.2 Å². The van der Waals surface area contributed by atoms with Crippen LogP contribution in [-0.2, 0) is 14.3 Å². The predicted molar refractivity (Wildman–Crippen MR) is 100 cm³/mol. The van der Waals surface area contributed by atoms with E-state index in [9.17, 15) is 9.90 Å². The Balaban J connectivity index is 2.40. The summed E-state index contributed by atoms with van der Waals surface area (Å²) in [5.74, 6) is 0.280. The highest BCUT2D eigenvalue weighted by Gasteiger charge is 2.38. The van der Waals surface area contributed by atoms with E-state index in [-0.39, 0.29) is 30.0 Å². The first-order valence-electron chi connectivity index (χ1n) is 9.18. The Morgan fingerprint density at radius 2 is 2.08 bits per heavy atom. The van der Waals surface area contributed by atoms with Crippen LogP contribution in [-0.4, -0.2) is 40.9 Å². The van der Waals surface area contributed by atoms with Crippen LogP contribution in [0.2, 0.25) is 0 Å². The number of hydrogen-bond acceptors (Lipinski definition) is 5. The van der Waals surface area contributed by atoms with Crippen LogP contribution in [0.1, 0.15) is 73.1 Å². The number of ketones is 1. The van der Waals surface area contributed by atoms with Gasteiger partial charge >= 0.3 is 0 Å². The van der Waals surface area contributed by atoms with Gasteiger partial charge in [-0.1, -0.05) is 40.5 Å². The first-order valence-corrected chi connectivity index (χ1v) is 9.58. The highest BCUT2D eigenvalue weighted by atomic mass is 32.1. The molecular weight excluding hydrogens is 324 g/mol. The lowest BCUT2D eigenvalue weighted by Crippen LogP contribution is -2.45. The second-order valence-electron chi connectivity index (χ2n) is 7.70. The monoisotopic (exact) mass is 358 g/mol. The van der Waals surface area contributed by atoms with Gasteiger partial charge in [0, 0.05) is 0 Å². The molecule has 0 spiro atoms. The van der Waals surface area contributed by atoms with Gasteiger partial charge in [-0.3, -0.25) is 4.79 Å². The van der Waals surface area contributed by atoms with Crippen molar-refractivity contribution in [3.8, 4) is 0 Å². The molecular formula is C19H34O4S. The number of rotatable bonds is 9. The van der Waals surface area contributed by atoms with Crippen LogP contribution in [0, 0.1) is 11.3 Å². The second-order valence-corrected chi connectivity index (χ2v) is 8.07. The number of thiocarbonyl (C=S) groups is 1. The Bertz CT molecular complexity index is 437. The molecule has 1 N–H and O–H groups in total. The molecule has 1 aliphatic carbocycles. The minimum atomic E-state index is -1.65. The van der Waals surface area contributed by atoms with Crippen molar-refractivity contribution in [1.82, 2.24) is 0 Å². The minimum absolute atomic E-state index is 0.0314. The van der Waals surface area contributed by atoms with Crippen LogP contribution in [0.5, 0.6) is 0 Å². The highest BCUT2D eigenvalue weighted by Crippen LogP contribution is 2.42. The molecule has 0 aromatic carbocycles. The van der Waals surface area contributed by atoms with Crippen molar-refractivity contribution in [2.24, 2.45) is 11.3 Å². The Labute approximate surface area is 152 Å². The molecule has 1 saturated carbocycles. The third-order valence-corrected chi connectivity index (χ3v) is 6.02. The van der Waals surface area contributed by atoms with Gasteiger partial charge in [0.1, 0.15) is 6.61 Å². The molecule has 0 saturated heterocycles. The largest absolute Gasteiger partial charge is 0.481 e. The lowest BCUT2D eigenvalue weighted by atomic mass is 9.67. The summed E-state index contributed by atoms with van der Waals surface area (Å²) >= 11 is 5.12. The molecule has 0 heterocycles. The van der Waals surface area contributed by atoms with E-state index in [1.54, 1.807) is 0 Å². The maximum atomic E-state index is 11.7. The quantitative estimate of drug-likeness (QED) is 0.497. The third kappa shape index (κ3) is 5.50. The molecule has 0 aromatic heterocycles. The predicted octanol–water partition coefficient (Wildman–Crippen LogP) is 4.07. The molecule has 5 heteroatoms. The molecule has 1 rings (SSSR count). The molecule has 3 atom stereocenters. The fraction of sp³-hybridized carbons (Fsp3) is 0.895. The van der Waals surface area contributed by atoms with Crippen LogP contribution < -0.4 is 0 Å². The Morgan fingerprint density at radius 1 is 1.42 bits per heavy atom. The average molecular weight is 359 g/mol. The Hall–Kier alpha value is -0.520. The first kappa shape index (κ1) is 21.5. The standard InChI is InChI=1S/C19H34O4S/c1-6-9-19(21,15(4)20)17(24)23-12-11-22-16-8-7-10-18(5,13-16)14(2)3/h14,16,21H,6-13H2,1-5H3. The van der Waals surface area contributed by atoms with Crippen molar-refractivity contribution in [3.05, 3.63) is 0 Å². The van der Waals surface area contributed by atoms with Crippen LogP contribution in [0.25, 0.3) is 0 Å². The van der Waals surface area contributed by atoms with E-state index in [0.717, 1.165) is 12.8 Å². The molecule has 24 heavy (non-hydrogen) atoms. The third-order valence-electron chi connectivity index (χ3n) is 5.56. The number of carbonyl (C=O) groups excluding carboxylic acids is 1. The normalized spacial score (nSPS) is 26.9. The molecule has 4 nitrogen and oxygen atoms in total. The van der Waals surface area contributed by atoms with E-state index in [2.05, 4.69) is 20.8 Å². The summed E-state index contributed by atoms with van der Waals surface area (Å²) < 4.78 is 11.4. The van der Waals surface area contributed by atoms with E-state index in [0.29, 0.717) is 24.4 Å². The van der Waals surface area contributed by atoms with Crippen molar-refractivity contribution in [3.63, 3.8) is 0 Å². The second kappa shape index (κ2) is 9.25. The lowest BCUT2D eigenvalue weighted by molar-refractivity contribution is -0.130. The van der Waals surface area contributed by atoms with E-state index in [1.165, 1.54) is 19.8 Å². The first-order chi connectivity index (χ1) is 11.2. The summed E-state index contributed by atoms with van der Waals surface area (Å²) in [4.78, 5) is 11.7.